The minimum atomic E-state index is -2.76. The average molecular weight is 521 g/mol. The average Bonchev–Trinajstić information content (AvgIpc) is 3.63. The fourth-order valence-electron chi connectivity index (χ4n) is 4.18. The number of amides is 1. The Morgan fingerprint density at radius 1 is 1.16 bits per heavy atom. The van der Waals surface area contributed by atoms with Gasteiger partial charge in [-0.1, -0.05) is 0 Å². The third-order valence-corrected chi connectivity index (χ3v) is 6.03. The second-order valence-corrected chi connectivity index (χ2v) is 8.85. The SMILES string of the molecule is [2H]C([2H])([2H])NC(=O)c1nnc2cc1Nc1cc(cc(-c3ncn(C4CC4)n3)c1OC)COCc1cc(F)cc(n1)N2. The van der Waals surface area contributed by atoms with Gasteiger partial charge in [-0.25, -0.2) is 19.0 Å². The summed E-state index contributed by atoms with van der Waals surface area (Å²) in [6.07, 6.45) is 3.73. The van der Waals surface area contributed by atoms with Crippen LogP contribution in [-0.2, 0) is 18.0 Å². The van der Waals surface area contributed by atoms with Gasteiger partial charge in [0.15, 0.2) is 23.1 Å². The maximum atomic E-state index is 14.4. The predicted octanol–water partition coefficient (Wildman–Crippen LogP) is 3.49. The minimum absolute atomic E-state index is 0.0241. The molecular weight excluding hydrogens is 493 g/mol. The van der Waals surface area contributed by atoms with Gasteiger partial charge in [0.05, 0.1) is 49.0 Å². The van der Waals surface area contributed by atoms with E-state index in [1.165, 1.54) is 25.3 Å². The molecule has 38 heavy (non-hydrogen) atoms. The molecule has 4 aromatic rings. The first-order chi connectivity index (χ1) is 19.6. The van der Waals surface area contributed by atoms with E-state index in [1.807, 2.05) is 16.1 Å². The van der Waals surface area contributed by atoms with E-state index in [-0.39, 0.29) is 36.2 Å². The maximum Gasteiger partial charge on any atom is 0.273 e. The Morgan fingerprint density at radius 2 is 2.05 bits per heavy atom. The van der Waals surface area contributed by atoms with Crippen LogP contribution in [0.25, 0.3) is 11.4 Å². The molecule has 0 spiro atoms. The van der Waals surface area contributed by atoms with Crippen LogP contribution in [0.1, 0.15) is 44.7 Å². The number of carbonyl (C=O) groups excluding carboxylic acids is 1. The van der Waals surface area contributed by atoms with Crippen molar-refractivity contribution < 1.29 is 22.8 Å². The number of aromatic nitrogens is 6. The molecule has 6 rings (SSSR count). The second-order valence-electron chi connectivity index (χ2n) is 8.85. The molecule has 1 amide bonds. The van der Waals surface area contributed by atoms with Crippen molar-refractivity contribution in [1.29, 1.82) is 0 Å². The van der Waals surface area contributed by atoms with Gasteiger partial charge in [-0.05, 0) is 36.6 Å². The quantitative estimate of drug-likeness (QED) is 0.366. The summed E-state index contributed by atoms with van der Waals surface area (Å²) in [5.41, 5.74) is 1.79. The van der Waals surface area contributed by atoms with Gasteiger partial charge in [-0.15, -0.1) is 10.2 Å². The van der Waals surface area contributed by atoms with Crippen molar-refractivity contribution in [3.05, 3.63) is 59.4 Å². The number of rotatable bonds is 4. The highest BCUT2D eigenvalue weighted by atomic mass is 19.1. The van der Waals surface area contributed by atoms with E-state index in [0.717, 1.165) is 12.8 Å². The number of hydrogen-bond donors (Lipinski definition) is 3. The van der Waals surface area contributed by atoms with Crippen LogP contribution in [0.5, 0.6) is 5.75 Å². The molecule has 1 aromatic carbocycles. The lowest BCUT2D eigenvalue weighted by Crippen LogP contribution is -2.21. The fraction of sp³-hybridized carbons (Fsp3) is 0.280. The molecule has 3 aromatic heterocycles. The van der Waals surface area contributed by atoms with E-state index in [9.17, 15) is 9.18 Å². The van der Waals surface area contributed by atoms with Gasteiger partial charge in [-0.2, -0.15) is 5.10 Å². The van der Waals surface area contributed by atoms with Crippen molar-refractivity contribution in [2.45, 2.75) is 32.1 Å². The number of halogens is 1. The number of benzene rings is 1. The zero-order valence-corrected chi connectivity index (χ0v) is 20.2. The van der Waals surface area contributed by atoms with Crippen LogP contribution in [0, 0.1) is 5.82 Å². The standard InChI is InChI=1S/C25H24FN9O3/c1-27-25(36)22-18-9-21(32-33-22)31-20-8-14(26)7-15(29-20)11-38-10-13-5-17(23(37-2)19(6-13)30-18)24-28-12-35(34-24)16-3-4-16/h5-9,12,16,30H,3-4,10-11H2,1-2H3,(H,27,36)(H,29,31,32)/i1D3. The first-order valence-electron chi connectivity index (χ1n) is 13.3. The van der Waals surface area contributed by atoms with Crippen LogP contribution < -0.4 is 20.7 Å². The predicted molar refractivity (Wildman–Crippen MR) is 135 cm³/mol. The first kappa shape index (κ1) is 20.4. The largest absolute Gasteiger partial charge is 0.494 e. The summed E-state index contributed by atoms with van der Waals surface area (Å²) in [4.78, 5) is 21.8. The van der Waals surface area contributed by atoms with E-state index < -0.39 is 18.7 Å². The number of carbonyl (C=O) groups is 1. The number of anilines is 4. The van der Waals surface area contributed by atoms with Crippen molar-refractivity contribution in [1.82, 2.24) is 35.3 Å². The molecule has 3 N–H and O–H groups in total. The third kappa shape index (κ3) is 4.70. The van der Waals surface area contributed by atoms with Crippen molar-refractivity contribution in [2.24, 2.45) is 0 Å². The van der Waals surface area contributed by atoms with Gasteiger partial charge in [0, 0.05) is 23.2 Å². The summed E-state index contributed by atoms with van der Waals surface area (Å²) >= 11 is 0. The highest BCUT2D eigenvalue weighted by molar-refractivity contribution is 5.99. The van der Waals surface area contributed by atoms with Gasteiger partial charge < -0.3 is 25.4 Å². The van der Waals surface area contributed by atoms with Gasteiger partial charge in [0.2, 0.25) is 0 Å². The van der Waals surface area contributed by atoms with Crippen molar-refractivity contribution in [2.75, 3.05) is 24.7 Å². The van der Waals surface area contributed by atoms with Gasteiger partial charge in [-0.3, -0.25) is 4.79 Å². The summed E-state index contributed by atoms with van der Waals surface area (Å²) in [7, 11) is 1.49. The third-order valence-electron chi connectivity index (χ3n) is 6.03. The molecule has 1 aliphatic heterocycles. The molecule has 4 heterocycles. The van der Waals surface area contributed by atoms with E-state index in [4.69, 9.17) is 13.6 Å². The topological polar surface area (TPSA) is 141 Å². The first-order valence-corrected chi connectivity index (χ1v) is 11.8. The number of fused-ring (bicyclic) bond motifs is 6. The number of nitrogens with one attached hydrogen (secondary N) is 3. The molecule has 1 fully saturated rings. The maximum absolute atomic E-state index is 14.4. The van der Waals surface area contributed by atoms with E-state index in [0.29, 0.717) is 40.1 Å². The van der Waals surface area contributed by atoms with Crippen LogP contribution >= 0.6 is 0 Å². The molecule has 194 valence electrons. The molecule has 13 heteroatoms. The lowest BCUT2D eigenvalue weighted by Gasteiger charge is -2.18. The highest BCUT2D eigenvalue weighted by Crippen LogP contribution is 2.40. The Labute approximate surface area is 220 Å². The van der Waals surface area contributed by atoms with E-state index >= 15 is 0 Å². The zero-order valence-electron chi connectivity index (χ0n) is 23.2. The van der Waals surface area contributed by atoms with Crippen molar-refractivity contribution in [3.8, 4) is 17.1 Å². The summed E-state index contributed by atoms with van der Waals surface area (Å²) in [5.74, 6) is -0.484. The molecule has 12 nitrogen and oxygen atoms in total. The molecule has 0 unspecified atom stereocenters. The summed E-state index contributed by atoms with van der Waals surface area (Å²) in [5, 5.41) is 20.5. The zero-order chi connectivity index (χ0) is 28.7. The molecule has 1 aliphatic carbocycles. The number of methoxy groups -OCH3 is 1. The van der Waals surface area contributed by atoms with Crippen LogP contribution in [0.15, 0.2) is 36.7 Å². The summed E-state index contributed by atoms with van der Waals surface area (Å²) < 4.78 is 50.2. The lowest BCUT2D eigenvalue weighted by molar-refractivity contribution is 0.0958. The second kappa shape index (κ2) is 9.67. The smallest absolute Gasteiger partial charge is 0.273 e. The molecular formula is C25H24FN9O3. The molecule has 2 aliphatic rings. The van der Waals surface area contributed by atoms with Gasteiger partial charge in [0.1, 0.15) is 18.0 Å². The van der Waals surface area contributed by atoms with Crippen LogP contribution in [0.3, 0.4) is 0 Å². The highest BCUT2D eigenvalue weighted by Gasteiger charge is 2.26. The van der Waals surface area contributed by atoms with Crippen molar-refractivity contribution in [3.63, 3.8) is 0 Å². The Morgan fingerprint density at radius 3 is 2.87 bits per heavy atom. The fourth-order valence-corrected chi connectivity index (χ4v) is 4.18. The molecule has 6 bridgehead atoms. The summed E-state index contributed by atoms with van der Waals surface area (Å²) in [6.45, 7) is -2.63. The number of hydrogen-bond acceptors (Lipinski definition) is 10. The Kier molecular flexibility index (Phi) is 5.19. The normalized spacial score (nSPS) is 16.1. The Bertz CT molecular complexity index is 1640. The molecule has 0 atom stereocenters. The number of nitrogens with zero attached hydrogens (tertiary/aromatic N) is 6. The lowest BCUT2D eigenvalue weighted by atomic mass is 10.1. The molecule has 1 saturated carbocycles. The van der Waals surface area contributed by atoms with Crippen LogP contribution in [0.4, 0.5) is 27.4 Å². The Balaban J connectivity index is 1.49. The van der Waals surface area contributed by atoms with Crippen molar-refractivity contribution >= 4 is 28.9 Å². The Hall–Kier alpha value is -4.65. The van der Waals surface area contributed by atoms with Crippen LogP contribution in [-0.4, -0.2) is 49.9 Å². The molecule has 0 radical (unpaired) electrons. The van der Waals surface area contributed by atoms with E-state index in [1.54, 1.807) is 12.4 Å². The van der Waals surface area contributed by atoms with Gasteiger partial charge >= 0.3 is 0 Å². The minimum Gasteiger partial charge on any atom is -0.494 e. The van der Waals surface area contributed by atoms with Gasteiger partial charge in [0.25, 0.3) is 5.91 Å². The number of ether oxygens (including phenoxy) is 2. The number of pyridine rings is 1. The van der Waals surface area contributed by atoms with E-state index in [2.05, 4.69) is 35.9 Å². The van der Waals surface area contributed by atoms with Crippen LogP contribution in [0.2, 0.25) is 0 Å². The summed E-state index contributed by atoms with van der Waals surface area (Å²) in [6, 6.07) is 7.75. The monoisotopic (exact) mass is 520 g/mol. The molecule has 0 saturated heterocycles.